The first-order valence-corrected chi connectivity index (χ1v) is 1.94. The molecule has 0 saturated heterocycles. The van der Waals surface area contributed by atoms with Gasteiger partial charge in [0, 0.05) is 5.80 Å². The summed E-state index contributed by atoms with van der Waals surface area (Å²) in [4.78, 5) is 9.32. The molecule has 0 aromatic heterocycles. The first kappa shape index (κ1) is 4.77. The lowest BCUT2D eigenvalue weighted by molar-refractivity contribution is -0.128. The Morgan fingerprint density at radius 3 is 2.20 bits per heavy atom. The molecule has 0 fully saturated rings. The van der Waals surface area contributed by atoms with Crippen LogP contribution in [-0.4, -0.2) is 16.9 Å². The van der Waals surface area contributed by atoms with Gasteiger partial charge in [-0.05, 0) is 0 Å². The van der Waals surface area contributed by atoms with E-state index >= 15 is 0 Å². The molecule has 0 amide bonds. The van der Waals surface area contributed by atoms with Crippen LogP contribution in [0.15, 0.2) is 0 Å². The quantitative estimate of drug-likeness (QED) is 0.442. The summed E-state index contributed by atoms with van der Waals surface area (Å²) in [5.41, 5.74) is 0. The average Bonchev–Trinajstić information content (AvgIpc) is 1.38. The van der Waals surface area contributed by atoms with E-state index < -0.39 is 5.97 Å². The highest BCUT2D eigenvalue weighted by molar-refractivity contribution is 7.21. The summed E-state index contributed by atoms with van der Waals surface area (Å²) >= 11 is 0. The highest BCUT2D eigenvalue weighted by atomic mass is 31.0. The Labute approximate surface area is 31.6 Å². The molecule has 1 atom stereocenters. The average molecular weight is 92.0 g/mol. The number of carbonyl (C=O) groups is 1. The molecule has 0 aliphatic heterocycles. The SMILES string of the molecule is O=C(O)C=[PH3]. The summed E-state index contributed by atoms with van der Waals surface area (Å²) in [6.07, 6.45) is 0. The van der Waals surface area contributed by atoms with E-state index in [0.717, 1.165) is 5.80 Å². The van der Waals surface area contributed by atoms with Crippen LogP contribution in [0.2, 0.25) is 0 Å². The molecule has 0 rings (SSSR count). The molecule has 1 unspecified atom stereocenters. The van der Waals surface area contributed by atoms with Gasteiger partial charge in [-0.15, -0.1) is 8.86 Å². The Morgan fingerprint density at radius 2 is 2.20 bits per heavy atom. The van der Waals surface area contributed by atoms with Crippen molar-refractivity contribution in [3.63, 3.8) is 0 Å². The smallest absolute Gasteiger partial charge is 0.327 e. The molecule has 0 saturated carbocycles. The van der Waals surface area contributed by atoms with E-state index in [1.807, 2.05) is 0 Å². The van der Waals surface area contributed by atoms with Gasteiger partial charge in [0.1, 0.15) is 0 Å². The topological polar surface area (TPSA) is 37.3 Å². The molecular weight excluding hydrogens is 87.0 g/mol. The Kier molecular flexibility index (Phi) is 1.94. The van der Waals surface area contributed by atoms with Gasteiger partial charge in [0.05, 0.1) is 0 Å². The van der Waals surface area contributed by atoms with Crippen LogP contribution in [0.3, 0.4) is 0 Å². The van der Waals surface area contributed by atoms with Crippen LogP contribution in [0.1, 0.15) is 0 Å². The second-order valence-corrected chi connectivity index (χ2v) is 0.951. The molecular formula is C2H5O2P. The predicted molar refractivity (Wildman–Crippen MR) is 24.8 cm³/mol. The van der Waals surface area contributed by atoms with E-state index in [2.05, 4.69) is 0 Å². The van der Waals surface area contributed by atoms with E-state index in [9.17, 15) is 4.79 Å². The molecule has 3 heteroatoms. The third-order valence-corrected chi connectivity index (χ3v) is 0.524. The van der Waals surface area contributed by atoms with Gasteiger partial charge in [-0.3, -0.25) is 0 Å². The fourth-order valence-corrected chi connectivity index (χ4v) is 0. The molecule has 2 nitrogen and oxygen atoms in total. The van der Waals surface area contributed by atoms with Crippen LogP contribution in [-0.2, 0) is 4.79 Å². The van der Waals surface area contributed by atoms with E-state index in [0.29, 0.717) is 0 Å². The second kappa shape index (κ2) is 2.04. The normalized spacial score (nSPS) is 7.20. The van der Waals surface area contributed by atoms with Crippen molar-refractivity contribution in [3.8, 4) is 0 Å². The van der Waals surface area contributed by atoms with Crippen molar-refractivity contribution in [1.29, 1.82) is 0 Å². The first-order chi connectivity index (χ1) is 2.27. The molecule has 0 spiro atoms. The molecule has 0 aromatic rings. The van der Waals surface area contributed by atoms with Crippen molar-refractivity contribution in [1.82, 2.24) is 0 Å². The van der Waals surface area contributed by atoms with E-state index in [1.54, 1.807) is 0 Å². The minimum atomic E-state index is -0.858. The number of hydrogen-bond donors (Lipinski definition) is 1. The molecule has 0 bridgehead atoms. The minimum Gasteiger partial charge on any atom is -0.478 e. The first-order valence-electron chi connectivity index (χ1n) is 1.12. The Morgan fingerprint density at radius 1 is 2.00 bits per heavy atom. The Hall–Kier alpha value is -0.230. The summed E-state index contributed by atoms with van der Waals surface area (Å²) in [7, 11) is 1.31. The minimum absolute atomic E-state index is 0.858. The zero-order chi connectivity index (χ0) is 4.28. The van der Waals surface area contributed by atoms with Gasteiger partial charge in [0.15, 0.2) is 0 Å². The largest absolute Gasteiger partial charge is 0.478 e. The van der Waals surface area contributed by atoms with Gasteiger partial charge >= 0.3 is 5.97 Å². The van der Waals surface area contributed by atoms with E-state index in [1.165, 1.54) is 8.86 Å². The zero-order valence-corrected chi connectivity index (χ0v) is 4.05. The van der Waals surface area contributed by atoms with Gasteiger partial charge in [0.2, 0.25) is 0 Å². The molecule has 0 aliphatic rings. The van der Waals surface area contributed by atoms with Crippen LogP contribution >= 0.6 is 8.86 Å². The molecule has 30 valence electrons. The number of rotatable bonds is 1. The van der Waals surface area contributed by atoms with Crippen LogP contribution in [0, 0.1) is 0 Å². The zero-order valence-electron chi connectivity index (χ0n) is 2.64. The fourth-order valence-electron chi connectivity index (χ4n) is 0. The monoisotopic (exact) mass is 92.0 g/mol. The molecule has 0 aliphatic carbocycles. The Bertz CT molecular complexity index is 58.7. The van der Waals surface area contributed by atoms with Crippen LogP contribution in [0.25, 0.3) is 0 Å². The highest BCUT2D eigenvalue weighted by Gasteiger charge is 1.73. The van der Waals surface area contributed by atoms with Crippen molar-refractivity contribution < 1.29 is 9.90 Å². The van der Waals surface area contributed by atoms with E-state index in [4.69, 9.17) is 5.11 Å². The standard InChI is InChI=1S/C2H5O2P/c3-2(4)1-5/h1H,5H3,(H,3,4). The lowest BCUT2D eigenvalue weighted by atomic mass is 10.8. The van der Waals surface area contributed by atoms with Gasteiger partial charge < -0.3 is 5.11 Å². The van der Waals surface area contributed by atoms with Crippen molar-refractivity contribution in [2.75, 3.05) is 0 Å². The van der Waals surface area contributed by atoms with Crippen molar-refractivity contribution in [2.45, 2.75) is 0 Å². The van der Waals surface area contributed by atoms with Crippen LogP contribution in [0.5, 0.6) is 0 Å². The molecule has 0 aromatic carbocycles. The molecule has 0 heterocycles. The third-order valence-electron chi connectivity index (χ3n) is 0.175. The fraction of sp³-hybridized carbons (Fsp3) is 0. The van der Waals surface area contributed by atoms with Crippen LogP contribution < -0.4 is 0 Å². The molecule has 5 heavy (non-hydrogen) atoms. The van der Waals surface area contributed by atoms with Crippen molar-refractivity contribution in [2.24, 2.45) is 0 Å². The number of aliphatic carboxylic acids is 1. The molecule has 1 N–H and O–H groups in total. The Balaban J connectivity index is 3.20. The van der Waals surface area contributed by atoms with Gasteiger partial charge in [0.25, 0.3) is 0 Å². The van der Waals surface area contributed by atoms with Gasteiger partial charge in [-0.2, -0.15) is 0 Å². The number of carboxylic acids is 1. The van der Waals surface area contributed by atoms with E-state index in [-0.39, 0.29) is 0 Å². The maximum Gasteiger partial charge on any atom is 0.327 e. The maximum absolute atomic E-state index is 9.32. The highest BCUT2D eigenvalue weighted by Crippen LogP contribution is 1.53. The van der Waals surface area contributed by atoms with Crippen molar-refractivity contribution in [3.05, 3.63) is 0 Å². The summed E-state index contributed by atoms with van der Waals surface area (Å²) in [5, 5.41) is 7.67. The van der Waals surface area contributed by atoms with Crippen molar-refractivity contribution >= 4 is 20.6 Å². The molecule has 0 radical (unpaired) electrons. The summed E-state index contributed by atoms with van der Waals surface area (Å²) in [5.74, 6) is 0.253. The summed E-state index contributed by atoms with van der Waals surface area (Å²) < 4.78 is 0. The lowest BCUT2D eigenvalue weighted by Crippen LogP contribution is -1.89. The number of carboxylic acid groups (broad SMARTS) is 1. The van der Waals surface area contributed by atoms with Crippen LogP contribution in [0.4, 0.5) is 0 Å². The predicted octanol–water partition coefficient (Wildman–Crippen LogP) is -0.519. The lowest BCUT2D eigenvalue weighted by Gasteiger charge is -1.64. The van der Waals surface area contributed by atoms with Gasteiger partial charge in [-0.1, -0.05) is 0 Å². The maximum atomic E-state index is 9.32. The second-order valence-electron chi connectivity index (χ2n) is 0.542. The summed E-state index contributed by atoms with van der Waals surface area (Å²) in [6.45, 7) is 0. The summed E-state index contributed by atoms with van der Waals surface area (Å²) in [6, 6.07) is 0. The van der Waals surface area contributed by atoms with Gasteiger partial charge in [-0.25, -0.2) is 4.79 Å². The third kappa shape index (κ3) is 3.77. The number of hydrogen-bond acceptors (Lipinski definition) is 1.